The molecule has 4 rings (SSSR count). The summed E-state index contributed by atoms with van der Waals surface area (Å²) < 4.78 is 10.6. The van der Waals surface area contributed by atoms with E-state index < -0.39 is 0 Å². The molecule has 7 nitrogen and oxygen atoms in total. The first-order valence-electron chi connectivity index (χ1n) is 7.73. The van der Waals surface area contributed by atoms with Gasteiger partial charge in [0.1, 0.15) is 30.3 Å². The summed E-state index contributed by atoms with van der Waals surface area (Å²) in [5.74, 6) is 2.24. The first kappa shape index (κ1) is 15.1. The van der Waals surface area contributed by atoms with Gasteiger partial charge in [-0.1, -0.05) is 5.16 Å². The van der Waals surface area contributed by atoms with Crippen molar-refractivity contribution >= 4 is 22.3 Å². The molecule has 0 fully saturated rings. The van der Waals surface area contributed by atoms with Crippen LogP contribution in [0.2, 0.25) is 0 Å². The van der Waals surface area contributed by atoms with Gasteiger partial charge in [-0.15, -0.1) is 0 Å². The maximum Gasteiger partial charge on any atom is 0.138 e. The molecule has 0 saturated heterocycles. The Balaban J connectivity index is 1.57. The Labute approximate surface area is 143 Å². The molecular weight excluding hydrogens is 318 g/mol. The Bertz CT molecular complexity index is 984. The molecule has 0 radical (unpaired) electrons. The molecule has 0 aliphatic rings. The van der Waals surface area contributed by atoms with Crippen molar-refractivity contribution in [1.29, 1.82) is 0 Å². The van der Waals surface area contributed by atoms with E-state index in [4.69, 9.17) is 9.26 Å². The van der Waals surface area contributed by atoms with Gasteiger partial charge in [-0.25, -0.2) is 15.0 Å². The number of anilines is 2. The second-order valence-corrected chi connectivity index (χ2v) is 5.51. The molecule has 124 valence electrons. The fourth-order valence-corrected chi connectivity index (χ4v) is 2.40. The van der Waals surface area contributed by atoms with Crippen molar-refractivity contribution in [3.8, 4) is 5.75 Å². The van der Waals surface area contributed by atoms with Crippen molar-refractivity contribution in [2.75, 3.05) is 5.32 Å². The molecule has 1 aromatic carbocycles. The summed E-state index contributed by atoms with van der Waals surface area (Å²) in [6.45, 7) is 2.26. The van der Waals surface area contributed by atoms with Crippen molar-refractivity contribution in [1.82, 2.24) is 20.1 Å². The lowest BCUT2D eigenvalue weighted by molar-refractivity contribution is 0.305. The van der Waals surface area contributed by atoms with E-state index >= 15 is 0 Å². The molecule has 0 amide bonds. The summed E-state index contributed by atoms with van der Waals surface area (Å²) in [5.41, 5.74) is 1.68. The number of hydrogen-bond donors (Lipinski definition) is 1. The van der Waals surface area contributed by atoms with Crippen LogP contribution in [0.15, 0.2) is 59.8 Å². The van der Waals surface area contributed by atoms with E-state index in [-0.39, 0.29) is 0 Å². The van der Waals surface area contributed by atoms with Crippen LogP contribution in [0.25, 0.3) is 10.8 Å². The molecule has 0 unspecified atom stereocenters. The van der Waals surface area contributed by atoms with E-state index in [9.17, 15) is 0 Å². The molecule has 7 heteroatoms. The summed E-state index contributed by atoms with van der Waals surface area (Å²) in [6, 6.07) is 7.80. The first-order valence-corrected chi connectivity index (χ1v) is 7.73. The van der Waals surface area contributed by atoms with E-state index in [2.05, 4.69) is 25.4 Å². The van der Waals surface area contributed by atoms with Crippen LogP contribution in [0.4, 0.5) is 11.5 Å². The van der Waals surface area contributed by atoms with Crippen LogP contribution in [-0.2, 0) is 6.61 Å². The van der Waals surface area contributed by atoms with Gasteiger partial charge in [0, 0.05) is 17.1 Å². The largest absolute Gasteiger partial charge is 0.489 e. The summed E-state index contributed by atoms with van der Waals surface area (Å²) in [6.07, 6.45) is 8.43. The summed E-state index contributed by atoms with van der Waals surface area (Å²) >= 11 is 0. The average molecular weight is 333 g/mol. The number of benzene rings is 1. The second kappa shape index (κ2) is 6.56. The Morgan fingerprint density at radius 1 is 1.08 bits per heavy atom. The molecule has 1 N–H and O–H groups in total. The topological polar surface area (TPSA) is 86.0 Å². The molecule has 0 bridgehead atoms. The van der Waals surface area contributed by atoms with Crippen LogP contribution in [-0.4, -0.2) is 20.1 Å². The molecule has 3 heterocycles. The highest BCUT2D eigenvalue weighted by atomic mass is 16.5. The van der Waals surface area contributed by atoms with Crippen LogP contribution in [0, 0.1) is 6.92 Å². The van der Waals surface area contributed by atoms with Crippen molar-refractivity contribution in [2.24, 2.45) is 0 Å². The normalized spacial score (nSPS) is 10.8. The predicted octanol–water partition coefficient (Wildman–Crippen LogP) is 3.64. The number of pyridine rings is 1. The molecule has 0 spiro atoms. The van der Waals surface area contributed by atoms with Crippen LogP contribution >= 0.6 is 0 Å². The van der Waals surface area contributed by atoms with Gasteiger partial charge in [-0.3, -0.25) is 0 Å². The van der Waals surface area contributed by atoms with E-state index in [0.717, 1.165) is 39.4 Å². The Kier molecular flexibility index (Phi) is 3.96. The highest BCUT2D eigenvalue weighted by molar-refractivity contribution is 5.93. The number of nitrogens with zero attached hydrogens (tertiary/aromatic N) is 4. The van der Waals surface area contributed by atoms with Crippen molar-refractivity contribution < 1.29 is 9.26 Å². The average Bonchev–Trinajstić information content (AvgIpc) is 3.15. The Hall–Kier alpha value is -3.48. The Morgan fingerprint density at radius 2 is 1.96 bits per heavy atom. The molecule has 0 aliphatic carbocycles. The molecule has 3 aromatic heterocycles. The minimum absolute atomic E-state index is 0.409. The lowest BCUT2D eigenvalue weighted by Crippen LogP contribution is -1.98. The third kappa shape index (κ3) is 3.40. The number of rotatable bonds is 5. The van der Waals surface area contributed by atoms with E-state index in [0.29, 0.717) is 6.61 Å². The fraction of sp³-hybridized carbons (Fsp3) is 0.111. The zero-order valence-corrected chi connectivity index (χ0v) is 13.5. The van der Waals surface area contributed by atoms with Crippen LogP contribution in [0.1, 0.15) is 11.4 Å². The van der Waals surface area contributed by atoms with E-state index in [1.165, 1.54) is 0 Å². The number of aryl methyl sites for hydroxylation is 1. The van der Waals surface area contributed by atoms with Crippen LogP contribution < -0.4 is 10.1 Å². The van der Waals surface area contributed by atoms with Crippen LogP contribution in [0.5, 0.6) is 5.75 Å². The number of aromatic nitrogens is 4. The summed E-state index contributed by atoms with van der Waals surface area (Å²) in [7, 11) is 0. The SMILES string of the molecule is Cc1ncc(Nc2nccc3cc(OCc4cnoc4)ccc23)cn1. The molecule has 0 aliphatic heterocycles. The Morgan fingerprint density at radius 3 is 2.76 bits per heavy atom. The molecule has 4 aromatic rings. The summed E-state index contributed by atoms with van der Waals surface area (Å²) in [5, 5.41) is 8.92. The van der Waals surface area contributed by atoms with Crippen LogP contribution in [0.3, 0.4) is 0 Å². The molecule has 25 heavy (non-hydrogen) atoms. The smallest absolute Gasteiger partial charge is 0.138 e. The van der Waals surface area contributed by atoms with E-state index in [1.54, 1.807) is 31.1 Å². The van der Waals surface area contributed by atoms with Crippen molar-refractivity contribution in [2.45, 2.75) is 13.5 Å². The lowest BCUT2D eigenvalue weighted by Gasteiger charge is -2.10. The fourth-order valence-electron chi connectivity index (χ4n) is 2.40. The van der Waals surface area contributed by atoms with Crippen molar-refractivity contribution in [3.63, 3.8) is 0 Å². The maximum atomic E-state index is 5.77. The van der Waals surface area contributed by atoms with Gasteiger partial charge < -0.3 is 14.6 Å². The van der Waals surface area contributed by atoms with Crippen molar-refractivity contribution in [3.05, 3.63) is 66.7 Å². The summed E-state index contributed by atoms with van der Waals surface area (Å²) in [4.78, 5) is 12.8. The van der Waals surface area contributed by atoms with Gasteiger partial charge in [0.15, 0.2) is 0 Å². The van der Waals surface area contributed by atoms with Gasteiger partial charge in [0.05, 0.1) is 24.3 Å². The van der Waals surface area contributed by atoms with Gasteiger partial charge in [0.25, 0.3) is 0 Å². The number of hydrogen-bond acceptors (Lipinski definition) is 7. The quantitative estimate of drug-likeness (QED) is 0.596. The highest BCUT2D eigenvalue weighted by Crippen LogP contribution is 2.27. The molecular formula is C18H15N5O2. The standard InChI is InChI=1S/C18H15N5O2/c1-12-20-8-15(9-21-12)23-18-17-3-2-16(6-14(17)4-5-19-18)24-10-13-7-22-25-11-13/h2-9,11H,10H2,1H3,(H,19,23). The lowest BCUT2D eigenvalue weighted by atomic mass is 10.1. The number of ether oxygens (including phenoxy) is 1. The second-order valence-electron chi connectivity index (χ2n) is 5.51. The predicted molar refractivity (Wildman–Crippen MR) is 92.6 cm³/mol. The number of nitrogens with one attached hydrogen (secondary N) is 1. The zero-order valence-electron chi connectivity index (χ0n) is 13.5. The molecule has 0 atom stereocenters. The molecule has 0 saturated carbocycles. The zero-order chi connectivity index (χ0) is 17.1. The monoisotopic (exact) mass is 333 g/mol. The third-order valence-electron chi connectivity index (χ3n) is 3.67. The minimum atomic E-state index is 0.409. The minimum Gasteiger partial charge on any atom is -0.489 e. The maximum absolute atomic E-state index is 5.77. The number of fused-ring (bicyclic) bond motifs is 1. The van der Waals surface area contributed by atoms with Gasteiger partial charge >= 0.3 is 0 Å². The third-order valence-corrected chi connectivity index (χ3v) is 3.67. The van der Waals surface area contributed by atoms with Gasteiger partial charge in [-0.2, -0.15) is 0 Å². The van der Waals surface area contributed by atoms with E-state index in [1.807, 2.05) is 31.2 Å². The van der Waals surface area contributed by atoms with Gasteiger partial charge in [0.2, 0.25) is 0 Å². The van der Waals surface area contributed by atoms with Gasteiger partial charge in [-0.05, 0) is 36.6 Å². The highest BCUT2D eigenvalue weighted by Gasteiger charge is 2.06. The first-order chi connectivity index (χ1) is 12.3.